The van der Waals surface area contributed by atoms with E-state index in [0.717, 1.165) is 17.8 Å². The molecule has 0 amide bonds. The number of hydrogen-bond acceptors (Lipinski definition) is 3. The molecule has 0 fully saturated rings. The Balaban J connectivity index is 1.70. The largest absolute Gasteiger partial charge is 0.486 e. The third-order valence-corrected chi connectivity index (χ3v) is 3.70. The molecular weight excluding hydrogens is 367 g/mol. The maximum Gasteiger partial charge on any atom is 0.416 e. The lowest BCUT2D eigenvalue weighted by atomic mass is 10.2. The van der Waals surface area contributed by atoms with Crippen LogP contribution < -0.4 is 9.47 Å². The molecule has 3 aromatic rings. The monoisotopic (exact) mass is 379 g/mol. The van der Waals surface area contributed by atoms with Gasteiger partial charge in [-0.1, -0.05) is 23.7 Å². The Hall–Kier alpha value is -2.73. The minimum absolute atomic E-state index is 0.0676. The summed E-state index contributed by atoms with van der Waals surface area (Å²) in [4.78, 5) is 4.14. The van der Waals surface area contributed by atoms with Crippen molar-refractivity contribution in [1.29, 1.82) is 0 Å². The fourth-order valence-corrected chi connectivity index (χ4v) is 2.39. The van der Waals surface area contributed by atoms with Crippen molar-refractivity contribution >= 4 is 11.6 Å². The van der Waals surface area contributed by atoms with Gasteiger partial charge in [0.25, 0.3) is 0 Å². The maximum atomic E-state index is 12.8. The lowest BCUT2D eigenvalue weighted by Crippen LogP contribution is -2.04. The fourth-order valence-electron chi connectivity index (χ4n) is 2.17. The normalized spacial score (nSPS) is 11.2. The van der Waals surface area contributed by atoms with Crippen LogP contribution in [0.15, 0.2) is 66.9 Å². The highest BCUT2D eigenvalue weighted by Gasteiger charge is 2.30. The molecule has 0 spiro atoms. The second kappa shape index (κ2) is 7.66. The highest BCUT2D eigenvalue weighted by Crippen LogP contribution is 2.35. The molecule has 7 heteroatoms. The predicted molar refractivity (Wildman–Crippen MR) is 91.5 cm³/mol. The number of halogens is 4. The first kappa shape index (κ1) is 18.1. The third kappa shape index (κ3) is 4.67. The molecule has 0 aliphatic rings. The van der Waals surface area contributed by atoms with Crippen LogP contribution in [0.1, 0.15) is 11.3 Å². The van der Waals surface area contributed by atoms with Crippen LogP contribution in [0.5, 0.6) is 17.2 Å². The van der Waals surface area contributed by atoms with E-state index < -0.39 is 11.7 Å². The topological polar surface area (TPSA) is 31.4 Å². The van der Waals surface area contributed by atoms with Crippen LogP contribution in [0.4, 0.5) is 13.2 Å². The molecule has 0 aliphatic carbocycles. The summed E-state index contributed by atoms with van der Waals surface area (Å²) in [5.41, 5.74) is -0.0377. The van der Waals surface area contributed by atoms with E-state index in [2.05, 4.69) is 4.98 Å². The molecule has 0 N–H and O–H groups in total. The quantitative estimate of drug-likeness (QED) is 0.534. The summed E-state index contributed by atoms with van der Waals surface area (Å²) in [5, 5.41) is 0.283. The van der Waals surface area contributed by atoms with Crippen LogP contribution in [0, 0.1) is 0 Å². The van der Waals surface area contributed by atoms with Gasteiger partial charge in [-0.3, -0.25) is 4.98 Å². The molecule has 0 saturated carbocycles. The molecule has 0 saturated heterocycles. The first-order valence-corrected chi connectivity index (χ1v) is 7.97. The Labute approximate surface area is 153 Å². The number of hydrogen-bond donors (Lipinski definition) is 0. The van der Waals surface area contributed by atoms with Crippen LogP contribution in [-0.2, 0) is 12.8 Å². The van der Waals surface area contributed by atoms with E-state index in [1.807, 2.05) is 12.1 Å². The van der Waals surface area contributed by atoms with Gasteiger partial charge in [-0.15, -0.1) is 0 Å². The molecule has 0 unspecified atom stereocenters. The van der Waals surface area contributed by atoms with Crippen molar-refractivity contribution in [2.75, 3.05) is 0 Å². The van der Waals surface area contributed by atoms with Gasteiger partial charge in [-0.05, 0) is 42.5 Å². The predicted octanol–water partition coefficient (Wildman–Crippen LogP) is 6.13. The van der Waals surface area contributed by atoms with Gasteiger partial charge in [0, 0.05) is 12.3 Å². The van der Waals surface area contributed by atoms with Gasteiger partial charge in [0.05, 0.1) is 16.3 Å². The van der Waals surface area contributed by atoms with Gasteiger partial charge in [-0.2, -0.15) is 13.2 Å². The number of benzene rings is 2. The van der Waals surface area contributed by atoms with Crippen molar-refractivity contribution in [2.24, 2.45) is 0 Å². The minimum atomic E-state index is -4.43. The first-order valence-electron chi connectivity index (χ1n) is 7.59. The van der Waals surface area contributed by atoms with Gasteiger partial charge in [0.1, 0.15) is 23.9 Å². The summed E-state index contributed by atoms with van der Waals surface area (Å²) in [6, 6.07) is 14.7. The molecule has 134 valence electrons. The summed E-state index contributed by atoms with van der Waals surface area (Å²) < 4.78 is 49.3. The van der Waals surface area contributed by atoms with Crippen molar-refractivity contribution in [3.8, 4) is 17.2 Å². The van der Waals surface area contributed by atoms with E-state index in [1.54, 1.807) is 24.4 Å². The summed E-state index contributed by atoms with van der Waals surface area (Å²) >= 11 is 6.16. The average Bonchev–Trinajstić information content (AvgIpc) is 2.61. The zero-order chi connectivity index (χ0) is 18.6. The number of nitrogens with zero attached hydrogens (tertiary/aromatic N) is 1. The average molecular weight is 380 g/mol. The summed E-state index contributed by atoms with van der Waals surface area (Å²) in [5.74, 6) is 0.797. The van der Waals surface area contributed by atoms with Crippen molar-refractivity contribution in [3.63, 3.8) is 0 Å². The Bertz CT molecular complexity index is 885. The van der Waals surface area contributed by atoms with Crippen LogP contribution >= 0.6 is 11.6 Å². The number of ether oxygens (including phenoxy) is 2. The first-order chi connectivity index (χ1) is 12.4. The van der Waals surface area contributed by atoms with E-state index in [0.29, 0.717) is 11.5 Å². The molecule has 2 aromatic carbocycles. The second-order valence-corrected chi connectivity index (χ2v) is 5.74. The van der Waals surface area contributed by atoms with Gasteiger partial charge in [0.2, 0.25) is 0 Å². The van der Waals surface area contributed by atoms with Crippen LogP contribution in [0.25, 0.3) is 0 Å². The molecule has 1 aromatic heterocycles. The summed E-state index contributed by atoms with van der Waals surface area (Å²) in [7, 11) is 0. The van der Waals surface area contributed by atoms with Crippen molar-refractivity contribution < 1.29 is 22.6 Å². The van der Waals surface area contributed by atoms with Gasteiger partial charge in [-0.25, -0.2) is 0 Å². The Morgan fingerprint density at radius 3 is 2.42 bits per heavy atom. The number of alkyl halides is 3. The molecule has 1 heterocycles. The molecular formula is C19H13ClF3NO2. The van der Waals surface area contributed by atoms with Crippen molar-refractivity contribution in [1.82, 2.24) is 4.98 Å². The van der Waals surface area contributed by atoms with E-state index in [-0.39, 0.29) is 17.4 Å². The standard InChI is InChI=1S/C19H13ClF3NO2/c20-17-11-16(26-15-6-3-4-13(10-15)19(21,22)23)7-8-18(17)25-12-14-5-1-2-9-24-14/h1-11H,12H2. The second-order valence-electron chi connectivity index (χ2n) is 5.33. The zero-order valence-electron chi connectivity index (χ0n) is 13.3. The smallest absolute Gasteiger partial charge is 0.416 e. The van der Waals surface area contributed by atoms with Gasteiger partial charge < -0.3 is 9.47 Å². The van der Waals surface area contributed by atoms with Crippen molar-refractivity contribution in [3.05, 3.63) is 83.1 Å². The fraction of sp³-hybridized carbons (Fsp3) is 0.105. The molecule has 3 nitrogen and oxygen atoms in total. The Morgan fingerprint density at radius 1 is 0.923 bits per heavy atom. The lowest BCUT2D eigenvalue weighted by molar-refractivity contribution is -0.137. The van der Waals surface area contributed by atoms with E-state index in [9.17, 15) is 13.2 Å². The minimum Gasteiger partial charge on any atom is -0.486 e. The van der Waals surface area contributed by atoms with Crippen molar-refractivity contribution in [2.45, 2.75) is 12.8 Å². The van der Waals surface area contributed by atoms with Crippen LogP contribution in [-0.4, -0.2) is 4.98 Å². The molecule has 3 rings (SSSR count). The number of pyridine rings is 1. The van der Waals surface area contributed by atoms with Gasteiger partial charge >= 0.3 is 6.18 Å². The Kier molecular flexibility index (Phi) is 5.32. The van der Waals surface area contributed by atoms with E-state index >= 15 is 0 Å². The lowest BCUT2D eigenvalue weighted by Gasteiger charge is -2.12. The Morgan fingerprint density at radius 2 is 1.73 bits per heavy atom. The maximum absolute atomic E-state index is 12.8. The van der Waals surface area contributed by atoms with Crippen LogP contribution in [0.3, 0.4) is 0 Å². The van der Waals surface area contributed by atoms with E-state index in [1.165, 1.54) is 18.2 Å². The molecule has 0 radical (unpaired) electrons. The highest BCUT2D eigenvalue weighted by molar-refractivity contribution is 6.32. The highest BCUT2D eigenvalue weighted by atomic mass is 35.5. The molecule has 0 bridgehead atoms. The van der Waals surface area contributed by atoms with Crippen LogP contribution in [0.2, 0.25) is 5.02 Å². The molecule has 0 aliphatic heterocycles. The van der Waals surface area contributed by atoms with E-state index in [4.69, 9.17) is 21.1 Å². The molecule has 0 atom stereocenters. The SMILES string of the molecule is FC(F)(F)c1cccc(Oc2ccc(OCc3ccccn3)c(Cl)c2)c1. The summed E-state index contributed by atoms with van der Waals surface area (Å²) in [6.07, 6.45) is -2.77. The zero-order valence-corrected chi connectivity index (χ0v) is 14.1. The number of rotatable bonds is 5. The summed E-state index contributed by atoms with van der Waals surface area (Å²) in [6.45, 7) is 0.244. The number of aromatic nitrogens is 1. The van der Waals surface area contributed by atoms with Gasteiger partial charge in [0.15, 0.2) is 0 Å². The third-order valence-electron chi connectivity index (χ3n) is 3.40. The molecule has 26 heavy (non-hydrogen) atoms.